The van der Waals surface area contributed by atoms with E-state index in [9.17, 15) is 9.90 Å². The normalized spacial score (nSPS) is 11.3. The Labute approximate surface area is 189 Å². The quantitative estimate of drug-likeness (QED) is 0.317. The van der Waals surface area contributed by atoms with Gasteiger partial charge in [-0.25, -0.2) is 0 Å². The summed E-state index contributed by atoms with van der Waals surface area (Å²) in [6.07, 6.45) is 1.62. The summed E-state index contributed by atoms with van der Waals surface area (Å²) in [6.45, 7) is 0. The van der Waals surface area contributed by atoms with Crippen molar-refractivity contribution in [2.24, 2.45) is 4.99 Å². The Morgan fingerprint density at radius 1 is 0.970 bits per heavy atom. The van der Waals surface area contributed by atoms with Crippen LogP contribution in [0.1, 0.15) is 16.1 Å². The number of phenolic OH excluding ortho intramolecular Hbond substituents is 1. The van der Waals surface area contributed by atoms with Gasteiger partial charge < -0.3 is 19.6 Å². The molecule has 162 valence electrons. The van der Waals surface area contributed by atoms with Crippen molar-refractivity contribution in [2.75, 3.05) is 12.4 Å². The molecule has 1 heterocycles. The molecule has 0 radical (unpaired) electrons. The third-order valence-corrected chi connectivity index (χ3v) is 5.37. The summed E-state index contributed by atoms with van der Waals surface area (Å²) < 4.78 is 11.1. The summed E-state index contributed by atoms with van der Waals surface area (Å²) >= 11 is 0. The van der Waals surface area contributed by atoms with E-state index >= 15 is 0 Å². The van der Waals surface area contributed by atoms with Gasteiger partial charge in [0.05, 0.1) is 18.5 Å². The fraction of sp³-hybridized carbons (Fsp3) is 0.0370. The van der Waals surface area contributed by atoms with E-state index in [1.54, 1.807) is 36.5 Å². The molecular weight excluding hydrogens is 416 g/mol. The van der Waals surface area contributed by atoms with Gasteiger partial charge in [-0.2, -0.15) is 0 Å². The van der Waals surface area contributed by atoms with Gasteiger partial charge in [-0.1, -0.05) is 48.5 Å². The highest BCUT2D eigenvalue weighted by Crippen LogP contribution is 2.31. The average molecular weight is 436 g/mol. The van der Waals surface area contributed by atoms with Crippen LogP contribution in [0.25, 0.3) is 21.7 Å². The summed E-state index contributed by atoms with van der Waals surface area (Å²) in [7, 11) is 1.52. The number of hydrogen-bond donors (Lipinski definition) is 2. The fourth-order valence-electron chi connectivity index (χ4n) is 3.70. The number of furan rings is 1. The SMILES string of the molecule is COc1cc(N=Cc2c(O)ccc3ccccc23)ccc1NC(=O)c1cc2ccccc2o1. The number of fused-ring (bicyclic) bond motifs is 2. The zero-order chi connectivity index (χ0) is 22.8. The van der Waals surface area contributed by atoms with Gasteiger partial charge in [0, 0.05) is 23.2 Å². The largest absolute Gasteiger partial charge is 0.507 e. The molecule has 5 aromatic rings. The van der Waals surface area contributed by atoms with Gasteiger partial charge in [0.2, 0.25) is 0 Å². The maximum atomic E-state index is 12.7. The van der Waals surface area contributed by atoms with E-state index in [0.29, 0.717) is 28.3 Å². The minimum Gasteiger partial charge on any atom is -0.507 e. The lowest BCUT2D eigenvalue weighted by Crippen LogP contribution is -2.11. The van der Waals surface area contributed by atoms with Crippen LogP contribution >= 0.6 is 0 Å². The van der Waals surface area contributed by atoms with Crippen LogP contribution in [-0.4, -0.2) is 24.3 Å². The number of hydrogen-bond acceptors (Lipinski definition) is 5. The smallest absolute Gasteiger partial charge is 0.291 e. The second-order valence-electron chi connectivity index (χ2n) is 7.46. The number of aromatic hydroxyl groups is 1. The Hall–Kier alpha value is -4.58. The number of amides is 1. The number of anilines is 1. The number of nitrogens with zero attached hydrogens (tertiary/aromatic N) is 1. The topological polar surface area (TPSA) is 84.1 Å². The monoisotopic (exact) mass is 436 g/mol. The Balaban J connectivity index is 1.41. The molecule has 0 aliphatic carbocycles. The summed E-state index contributed by atoms with van der Waals surface area (Å²) in [5, 5.41) is 15.9. The van der Waals surface area contributed by atoms with E-state index in [2.05, 4.69) is 10.3 Å². The molecule has 2 N–H and O–H groups in total. The van der Waals surface area contributed by atoms with Crippen LogP contribution in [0.15, 0.2) is 94.3 Å². The van der Waals surface area contributed by atoms with Crippen molar-refractivity contribution in [3.05, 3.63) is 96.3 Å². The summed E-state index contributed by atoms with van der Waals surface area (Å²) in [6, 6.07) is 25.6. The Kier molecular flexibility index (Phi) is 5.24. The number of para-hydroxylation sites is 1. The number of ether oxygens (including phenoxy) is 1. The van der Waals surface area contributed by atoms with Gasteiger partial charge >= 0.3 is 0 Å². The molecule has 0 fully saturated rings. The second kappa shape index (κ2) is 8.51. The Morgan fingerprint density at radius 2 is 1.76 bits per heavy atom. The molecule has 6 heteroatoms. The van der Waals surface area contributed by atoms with Crippen molar-refractivity contribution < 1.29 is 19.1 Å². The van der Waals surface area contributed by atoms with Crippen LogP contribution in [0.2, 0.25) is 0 Å². The second-order valence-corrected chi connectivity index (χ2v) is 7.46. The highest BCUT2D eigenvalue weighted by Gasteiger charge is 2.15. The number of phenols is 1. The minimum atomic E-state index is -0.374. The van der Waals surface area contributed by atoms with E-state index in [1.165, 1.54) is 7.11 Å². The first-order valence-corrected chi connectivity index (χ1v) is 10.3. The zero-order valence-electron chi connectivity index (χ0n) is 17.8. The minimum absolute atomic E-state index is 0.152. The highest BCUT2D eigenvalue weighted by atomic mass is 16.5. The van der Waals surface area contributed by atoms with E-state index in [0.717, 1.165) is 16.2 Å². The molecule has 33 heavy (non-hydrogen) atoms. The number of nitrogens with one attached hydrogen (secondary N) is 1. The van der Waals surface area contributed by atoms with Crippen molar-refractivity contribution in [3.8, 4) is 11.5 Å². The molecule has 0 saturated heterocycles. The van der Waals surface area contributed by atoms with Gasteiger partial charge in [-0.15, -0.1) is 0 Å². The van der Waals surface area contributed by atoms with Crippen molar-refractivity contribution in [1.29, 1.82) is 0 Å². The first kappa shape index (κ1) is 20.3. The third kappa shape index (κ3) is 4.02. The van der Waals surface area contributed by atoms with E-state index in [-0.39, 0.29) is 17.4 Å². The van der Waals surface area contributed by atoms with Crippen LogP contribution in [0.4, 0.5) is 11.4 Å². The molecule has 0 aliphatic heterocycles. The van der Waals surface area contributed by atoms with Crippen LogP contribution in [0, 0.1) is 0 Å². The van der Waals surface area contributed by atoms with Crippen LogP contribution in [0.5, 0.6) is 11.5 Å². The maximum Gasteiger partial charge on any atom is 0.291 e. The van der Waals surface area contributed by atoms with E-state index < -0.39 is 0 Å². The summed E-state index contributed by atoms with van der Waals surface area (Å²) in [5.41, 5.74) is 2.39. The van der Waals surface area contributed by atoms with E-state index in [4.69, 9.17) is 9.15 Å². The van der Waals surface area contributed by atoms with Crippen molar-refractivity contribution in [2.45, 2.75) is 0 Å². The molecule has 6 nitrogen and oxygen atoms in total. The molecular formula is C27H20N2O4. The Morgan fingerprint density at radius 3 is 2.58 bits per heavy atom. The zero-order valence-corrected chi connectivity index (χ0v) is 17.8. The lowest BCUT2D eigenvalue weighted by Gasteiger charge is -2.10. The van der Waals surface area contributed by atoms with Crippen LogP contribution in [0.3, 0.4) is 0 Å². The number of rotatable bonds is 5. The van der Waals surface area contributed by atoms with Crippen molar-refractivity contribution in [1.82, 2.24) is 0 Å². The number of aliphatic imine (C=N–C) groups is 1. The molecule has 0 atom stereocenters. The van der Waals surface area contributed by atoms with Crippen LogP contribution < -0.4 is 10.1 Å². The predicted octanol–water partition coefficient (Wildman–Crippen LogP) is 6.30. The first-order valence-electron chi connectivity index (χ1n) is 10.3. The number of benzene rings is 4. The summed E-state index contributed by atoms with van der Waals surface area (Å²) in [4.78, 5) is 17.2. The molecule has 5 rings (SSSR count). The highest BCUT2D eigenvalue weighted by molar-refractivity contribution is 6.06. The maximum absolute atomic E-state index is 12.7. The molecule has 1 aromatic heterocycles. The Bertz CT molecular complexity index is 1480. The fourth-order valence-corrected chi connectivity index (χ4v) is 3.70. The lowest BCUT2D eigenvalue weighted by molar-refractivity contribution is 0.0998. The molecule has 0 spiro atoms. The molecule has 0 unspecified atom stereocenters. The van der Waals surface area contributed by atoms with E-state index in [1.807, 2.05) is 54.6 Å². The third-order valence-electron chi connectivity index (χ3n) is 5.37. The number of carbonyl (C=O) groups is 1. The van der Waals surface area contributed by atoms with Crippen molar-refractivity contribution in [3.63, 3.8) is 0 Å². The van der Waals surface area contributed by atoms with Gasteiger partial charge in [0.25, 0.3) is 5.91 Å². The van der Waals surface area contributed by atoms with Crippen molar-refractivity contribution >= 4 is 45.2 Å². The molecule has 4 aromatic carbocycles. The molecule has 0 bridgehead atoms. The van der Waals surface area contributed by atoms with Gasteiger partial charge in [-0.05, 0) is 41.1 Å². The lowest BCUT2D eigenvalue weighted by atomic mass is 10.0. The van der Waals surface area contributed by atoms with Gasteiger partial charge in [0.1, 0.15) is 17.1 Å². The average Bonchev–Trinajstić information content (AvgIpc) is 3.29. The predicted molar refractivity (Wildman–Crippen MR) is 130 cm³/mol. The number of carbonyl (C=O) groups excluding carboxylic acids is 1. The summed E-state index contributed by atoms with van der Waals surface area (Å²) in [5.74, 6) is 0.448. The molecule has 0 saturated carbocycles. The first-order chi connectivity index (χ1) is 16.1. The number of methoxy groups -OCH3 is 1. The van der Waals surface area contributed by atoms with Gasteiger partial charge in [0.15, 0.2) is 5.76 Å². The molecule has 0 aliphatic rings. The van der Waals surface area contributed by atoms with Crippen LogP contribution in [-0.2, 0) is 0 Å². The van der Waals surface area contributed by atoms with Gasteiger partial charge in [-0.3, -0.25) is 9.79 Å². The standard InChI is InChI=1S/C27H20N2O4/c1-32-25-15-19(28-16-21-20-8-4-2-6-17(20)10-13-23(21)30)11-12-22(25)29-27(31)26-14-18-7-3-5-9-24(18)33-26/h2-16,30H,1H3,(H,29,31). The molecule has 1 amide bonds.